The Morgan fingerprint density at radius 2 is 1.95 bits per heavy atom. The van der Waals surface area contributed by atoms with E-state index in [0.29, 0.717) is 6.04 Å². The number of amides is 1. The second-order valence-electron chi connectivity index (χ2n) is 6.41. The second-order valence-corrected chi connectivity index (χ2v) is 6.41. The van der Waals surface area contributed by atoms with E-state index in [0.717, 1.165) is 48.5 Å². The van der Waals surface area contributed by atoms with Crippen molar-refractivity contribution in [1.82, 2.24) is 5.32 Å². The van der Waals surface area contributed by atoms with Crippen molar-refractivity contribution in [1.29, 1.82) is 0 Å². The van der Waals surface area contributed by atoms with Crippen molar-refractivity contribution in [2.75, 3.05) is 11.9 Å². The minimum atomic E-state index is 0.0665. The van der Waals surface area contributed by atoms with Crippen LogP contribution in [0.15, 0.2) is 18.2 Å². The molecule has 1 fully saturated rings. The van der Waals surface area contributed by atoms with Crippen molar-refractivity contribution >= 4 is 11.6 Å². The fraction of sp³-hybridized carbons (Fsp3) is 0.611. The Bertz CT molecular complexity index is 476. The maximum atomic E-state index is 12.6. The molecule has 0 saturated heterocycles. The SMILES string of the molecule is CCCNc1ccc(C)cc1C(=O)NC1CCC(C)CC1. The number of aryl methyl sites for hydroxylation is 1. The quantitative estimate of drug-likeness (QED) is 0.855. The maximum Gasteiger partial charge on any atom is 0.253 e. The smallest absolute Gasteiger partial charge is 0.253 e. The predicted molar refractivity (Wildman–Crippen MR) is 88.8 cm³/mol. The molecule has 116 valence electrons. The van der Waals surface area contributed by atoms with Crippen LogP contribution in [0.25, 0.3) is 0 Å². The van der Waals surface area contributed by atoms with Crippen LogP contribution in [-0.2, 0) is 0 Å². The molecule has 0 spiro atoms. The van der Waals surface area contributed by atoms with Gasteiger partial charge in [-0.1, -0.05) is 25.5 Å². The summed E-state index contributed by atoms with van der Waals surface area (Å²) in [6, 6.07) is 6.40. The van der Waals surface area contributed by atoms with Gasteiger partial charge in [-0.15, -0.1) is 0 Å². The van der Waals surface area contributed by atoms with Crippen molar-refractivity contribution in [3.05, 3.63) is 29.3 Å². The van der Waals surface area contributed by atoms with Gasteiger partial charge in [-0.25, -0.2) is 0 Å². The van der Waals surface area contributed by atoms with Crippen molar-refractivity contribution in [3.8, 4) is 0 Å². The molecule has 3 nitrogen and oxygen atoms in total. The summed E-state index contributed by atoms with van der Waals surface area (Å²) in [4.78, 5) is 12.6. The molecule has 21 heavy (non-hydrogen) atoms. The van der Waals surface area contributed by atoms with Crippen LogP contribution in [0.3, 0.4) is 0 Å². The van der Waals surface area contributed by atoms with Gasteiger partial charge >= 0.3 is 0 Å². The number of anilines is 1. The van der Waals surface area contributed by atoms with Crippen molar-refractivity contribution < 1.29 is 4.79 Å². The van der Waals surface area contributed by atoms with Crippen molar-refractivity contribution in [3.63, 3.8) is 0 Å². The zero-order valence-corrected chi connectivity index (χ0v) is 13.5. The lowest BCUT2D eigenvalue weighted by atomic mass is 9.87. The highest BCUT2D eigenvalue weighted by molar-refractivity contribution is 6.00. The number of benzene rings is 1. The van der Waals surface area contributed by atoms with Gasteiger partial charge in [0.05, 0.1) is 5.56 Å². The van der Waals surface area contributed by atoms with Crippen LogP contribution in [0.1, 0.15) is 61.9 Å². The first-order valence-electron chi connectivity index (χ1n) is 8.25. The number of hydrogen-bond acceptors (Lipinski definition) is 2. The molecular weight excluding hydrogens is 260 g/mol. The molecule has 1 aliphatic rings. The van der Waals surface area contributed by atoms with Crippen LogP contribution in [-0.4, -0.2) is 18.5 Å². The molecule has 2 N–H and O–H groups in total. The largest absolute Gasteiger partial charge is 0.384 e. The molecular formula is C18H28N2O. The molecule has 1 amide bonds. The molecule has 1 aromatic carbocycles. The van der Waals surface area contributed by atoms with Crippen LogP contribution in [0, 0.1) is 12.8 Å². The van der Waals surface area contributed by atoms with E-state index < -0.39 is 0 Å². The Labute approximate surface area is 128 Å². The number of carbonyl (C=O) groups excluding carboxylic acids is 1. The van der Waals surface area contributed by atoms with Crippen LogP contribution in [0.2, 0.25) is 0 Å². The van der Waals surface area contributed by atoms with E-state index >= 15 is 0 Å². The molecule has 2 rings (SSSR count). The third-order valence-corrected chi connectivity index (χ3v) is 4.34. The van der Waals surface area contributed by atoms with E-state index in [1.165, 1.54) is 12.8 Å². The molecule has 0 atom stereocenters. The van der Waals surface area contributed by atoms with E-state index in [9.17, 15) is 4.79 Å². The molecule has 1 aliphatic carbocycles. The summed E-state index contributed by atoms with van der Waals surface area (Å²) in [6.45, 7) is 7.35. The Balaban J connectivity index is 2.05. The number of nitrogens with one attached hydrogen (secondary N) is 2. The van der Waals surface area contributed by atoms with Crippen LogP contribution in [0.5, 0.6) is 0 Å². The third kappa shape index (κ3) is 4.48. The van der Waals surface area contributed by atoms with E-state index in [2.05, 4.69) is 30.5 Å². The minimum absolute atomic E-state index is 0.0665. The number of hydrogen-bond donors (Lipinski definition) is 2. The fourth-order valence-electron chi connectivity index (χ4n) is 2.93. The van der Waals surface area contributed by atoms with Gasteiger partial charge < -0.3 is 10.6 Å². The fourth-order valence-corrected chi connectivity index (χ4v) is 2.93. The first-order valence-corrected chi connectivity index (χ1v) is 8.25. The lowest BCUT2D eigenvalue weighted by Crippen LogP contribution is -2.37. The normalized spacial score (nSPS) is 21.9. The van der Waals surface area contributed by atoms with Crippen molar-refractivity contribution in [2.45, 2.75) is 58.9 Å². The van der Waals surface area contributed by atoms with E-state index in [1.54, 1.807) is 0 Å². The van der Waals surface area contributed by atoms with Gasteiger partial charge in [-0.2, -0.15) is 0 Å². The molecule has 1 aromatic rings. The van der Waals surface area contributed by atoms with Gasteiger partial charge in [-0.3, -0.25) is 4.79 Å². The highest BCUT2D eigenvalue weighted by Gasteiger charge is 2.21. The maximum absolute atomic E-state index is 12.6. The van der Waals surface area contributed by atoms with Crippen LogP contribution < -0.4 is 10.6 Å². The predicted octanol–water partition coefficient (Wildman–Crippen LogP) is 4.13. The highest BCUT2D eigenvalue weighted by Crippen LogP contribution is 2.24. The molecule has 0 radical (unpaired) electrons. The Morgan fingerprint density at radius 3 is 2.62 bits per heavy atom. The van der Waals surface area contributed by atoms with E-state index in [1.807, 2.05) is 19.1 Å². The number of carbonyl (C=O) groups is 1. The van der Waals surface area contributed by atoms with Gasteiger partial charge in [0, 0.05) is 18.3 Å². The first kappa shape index (κ1) is 15.9. The molecule has 0 aliphatic heterocycles. The van der Waals surface area contributed by atoms with E-state index in [4.69, 9.17) is 0 Å². The molecule has 0 heterocycles. The Kier molecular flexibility index (Phi) is 5.66. The molecule has 0 unspecified atom stereocenters. The lowest BCUT2D eigenvalue weighted by Gasteiger charge is -2.27. The standard InChI is InChI=1S/C18H28N2O/c1-4-11-19-17-10-7-14(3)12-16(17)18(21)20-15-8-5-13(2)6-9-15/h7,10,12-13,15,19H,4-6,8-9,11H2,1-3H3,(H,20,21). The lowest BCUT2D eigenvalue weighted by molar-refractivity contribution is 0.0923. The average molecular weight is 288 g/mol. The van der Waals surface area contributed by atoms with Crippen LogP contribution >= 0.6 is 0 Å². The van der Waals surface area contributed by atoms with E-state index in [-0.39, 0.29) is 5.91 Å². The Morgan fingerprint density at radius 1 is 1.24 bits per heavy atom. The summed E-state index contributed by atoms with van der Waals surface area (Å²) in [7, 11) is 0. The molecule has 3 heteroatoms. The first-order chi connectivity index (χ1) is 10.1. The molecule has 1 saturated carbocycles. The second kappa shape index (κ2) is 7.48. The van der Waals surface area contributed by atoms with Gasteiger partial charge in [0.1, 0.15) is 0 Å². The summed E-state index contributed by atoms with van der Waals surface area (Å²) in [6.07, 6.45) is 5.71. The third-order valence-electron chi connectivity index (χ3n) is 4.34. The minimum Gasteiger partial charge on any atom is -0.384 e. The van der Waals surface area contributed by atoms with Gasteiger partial charge in [0.15, 0.2) is 0 Å². The molecule has 0 aromatic heterocycles. The Hall–Kier alpha value is -1.51. The topological polar surface area (TPSA) is 41.1 Å². The van der Waals surface area contributed by atoms with Gasteiger partial charge in [-0.05, 0) is 57.1 Å². The summed E-state index contributed by atoms with van der Waals surface area (Å²) in [5.41, 5.74) is 2.85. The monoisotopic (exact) mass is 288 g/mol. The summed E-state index contributed by atoms with van der Waals surface area (Å²) >= 11 is 0. The zero-order chi connectivity index (χ0) is 15.2. The van der Waals surface area contributed by atoms with Crippen molar-refractivity contribution in [2.24, 2.45) is 5.92 Å². The van der Waals surface area contributed by atoms with Gasteiger partial charge in [0.2, 0.25) is 0 Å². The molecule has 0 bridgehead atoms. The van der Waals surface area contributed by atoms with Gasteiger partial charge in [0.25, 0.3) is 5.91 Å². The zero-order valence-electron chi connectivity index (χ0n) is 13.5. The summed E-state index contributed by atoms with van der Waals surface area (Å²) in [5, 5.41) is 6.58. The summed E-state index contributed by atoms with van der Waals surface area (Å²) in [5.74, 6) is 0.871. The highest BCUT2D eigenvalue weighted by atomic mass is 16.1. The average Bonchev–Trinajstić information content (AvgIpc) is 2.48. The van der Waals surface area contributed by atoms with Crippen LogP contribution in [0.4, 0.5) is 5.69 Å². The number of rotatable bonds is 5. The summed E-state index contributed by atoms with van der Waals surface area (Å²) < 4.78 is 0.